The number of alkyl halides is 3. The second-order valence-electron chi connectivity index (χ2n) is 11.8. The number of carbonyl (C=O) groups is 2. The average molecular weight is 701 g/mol. The molecule has 2 amide bonds. The summed E-state index contributed by atoms with van der Waals surface area (Å²) in [6, 6.07) is 2.62. The SMILES string of the molecule is CCc1c(N2CCN(C(=O)c3ncnc(C)c3O)CC2)c(=O)c2nc(OC3CCC3)cnc2n1CC(=O)Nc1ccc(C(F)(F)F)cc1Cl. The van der Waals surface area contributed by atoms with Crippen LogP contribution in [0.4, 0.5) is 24.5 Å². The maximum atomic E-state index is 14.2. The molecule has 1 aromatic carbocycles. The minimum absolute atomic E-state index is 0.0173. The molecule has 3 aromatic heterocycles. The summed E-state index contributed by atoms with van der Waals surface area (Å²) in [5, 5.41) is 12.6. The maximum Gasteiger partial charge on any atom is 0.416 e. The maximum absolute atomic E-state index is 14.2. The zero-order chi connectivity index (χ0) is 35.0. The van der Waals surface area contributed by atoms with E-state index in [9.17, 15) is 32.7 Å². The van der Waals surface area contributed by atoms with E-state index in [1.807, 2.05) is 11.8 Å². The molecule has 0 bridgehead atoms. The highest BCUT2D eigenvalue weighted by Crippen LogP contribution is 2.34. The monoisotopic (exact) mass is 700 g/mol. The van der Waals surface area contributed by atoms with Crippen LogP contribution in [0.3, 0.4) is 0 Å². The minimum atomic E-state index is -4.61. The fraction of sp³-hybridized carbons (Fsp3) is 0.406. The van der Waals surface area contributed by atoms with Gasteiger partial charge < -0.3 is 29.5 Å². The van der Waals surface area contributed by atoms with Crippen molar-refractivity contribution in [2.75, 3.05) is 36.4 Å². The van der Waals surface area contributed by atoms with Crippen LogP contribution in [-0.2, 0) is 23.9 Å². The summed E-state index contributed by atoms with van der Waals surface area (Å²) in [6.45, 7) is 3.88. The van der Waals surface area contributed by atoms with Gasteiger partial charge in [0.15, 0.2) is 22.6 Å². The van der Waals surface area contributed by atoms with E-state index < -0.39 is 29.0 Å². The third-order valence-electron chi connectivity index (χ3n) is 8.65. The Hall–Kier alpha value is -4.99. The van der Waals surface area contributed by atoms with Gasteiger partial charge in [-0.1, -0.05) is 18.5 Å². The van der Waals surface area contributed by atoms with E-state index in [2.05, 4.69) is 25.3 Å². The molecule has 4 aromatic rings. The van der Waals surface area contributed by atoms with Crippen molar-refractivity contribution in [1.82, 2.24) is 29.4 Å². The van der Waals surface area contributed by atoms with Crippen LogP contribution in [-0.4, -0.2) is 78.6 Å². The molecule has 1 aliphatic carbocycles. The van der Waals surface area contributed by atoms with Crippen molar-refractivity contribution in [3.05, 3.63) is 68.6 Å². The van der Waals surface area contributed by atoms with Crippen molar-refractivity contribution >= 4 is 46.0 Å². The van der Waals surface area contributed by atoms with Crippen molar-refractivity contribution in [2.24, 2.45) is 0 Å². The number of nitrogens with one attached hydrogen (secondary N) is 1. The van der Waals surface area contributed by atoms with Crippen LogP contribution in [0.15, 0.2) is 35.5 Å². The van der Waals surface area contributed by atoms with Crippen LogP contribution >= 0.6 is 11.6 Å². The molecule has 13 nitrogen and oxygen atoms in total. The summed E-state index contributed by atoms with van der Waals surface area (Å²) in [6.07, 6.45) is 0.979. The number of aromatic hydroxyl groups is 1. The summed E-state index contributed by atoms with van der Waals surface area (Å²) in [5.41, 5.74) is -0.394. The number of nitrogens with zero attached hydrogens (tertiary/aromatic N) is 7. The van der Waals surface area contributed by atoms with Crippen LogP contribution in [0.25, 0.3) is 11.2 Å². The largest absolute Gasteiger partial charge is 0.504 e. The quantitative estimate of drug-likeness (QED) is 0.271. The highest BCUT2D eigenvalue weighted by atomic mass is 35.5. The Morgan fingerprint density at radius 3 is 2.49 bits per heavy atom. The van der Waals surface area contributed by atoms with Gasteiger partial charge in [0, 0.05) is 31.9 Å². The lowest BCUT2D eigenvalue weighted by Gasteiger charge is -2.37. The minimum Gasteiger partial charge on any atom is -0.504 e. The number of rotatable bonds is 8. The number of aromatic nitrogens is 5. The summed E-state index contributed by atoms with van der Waals surface area (Å²) in [7, 11) is 0. The van der Waals surface area contributed by atoms with E-state index >= 15 is 0 Å². The number of fused-ring (bicyclic) bond motifs is 1. The Morgan fingerprint density at radius 1 is 1.12 bits per heavy atom. The fourth-order valence-corrected chi connectivity index (χ4v) is 6.05. The third kappa shape index (κ3) is 6.82. The first-order valence-corrected chi connectivity index (χ1v) is 16.0. The molecular weight excluding hydrogens is 669 g/mol. The van der Waals surface area contributed by atoms with Crippen LogP contribution in [0.2, 0.25) is 5.02 Å². The van der Waals surface area contributed by atoms with Crippen molar-refractivity contribution < 1.29 is 32.6 Å². The van der Waals surface area contributed by atoms with E-state index in [0.29, 0.717) is 12.1 Å². The number of ether oxygens (including phenoxy) is 1. The lowest BCUT2D eigenvalue weighted by atomic mass is 9.96. The molecule has 0 spiro atoms. The smallest absolute Gasteiger partial charge is 0.416 e. The molecule has 17 heteroatoms. The Labute approximate surface area is 282 Å². The number of hydrogen-bond acceptors (Lipinski definition) is 10. The number of carbonyl (C=O) groups excluding carboxylic acids is 2. The van der Waals surface area contributed by atoms with Crippen LogP contribution in [0.1, 0.15) is 53.6 Å². The first-order chi connectivity index (χ1) is 23.3. The number of halogens is 4. The van der Waals surface area contributed by atoms with Gasteiger partial charge in [-0.15, -0.1) is 0 Å². The zero-order valence-electron chi connectivity index (χ0n) is 26.6. The topological polar surface area (TPSA) is 156 Å². The number of aryl methyl sites for hydroxylation is 1. The Kier molecular flexibility index (Phi) is 9.33. The molecule has 2 fully saturated rings. The molecular formula is C32H32ClF3N8O5. The van der Waals surface area contributed by atoms with Gasteiger partial charge in [0.1, 0.15) is 24.7 Å². The molecule has 4 heterocycles. The number of amides is 2. The summed E-state index contributed by atoms with van der Waals surface area (Å²) in [5.74, 6) is -1.22. The van der Waals surface area contributed by atoms with Gasteiger partial charge in [-0.25, -0.2) is 19.9 Å². The molecule has 258 valence electrons. The van der Waals surface area contributed by atoms with Gasteiger partial charge in [-0.05, 0) is 50.8 Å². The van der Waals surface area contributed by atoms with Crippen molar-refractivity contribution in [3.63, 3.8) is 0 Å². The van der Waals surface area contributed by atoms with Crippen molar-refractivity contribution in [2.45, 2.75) is 58.4 Å². The van der Waals surface area contributed by atoms with Crippen LogP contribution in [0.5, 0.6) is 11.6 Å². The molecule has 2 N–H and O–H groups in total. The summed E-state index contributed by atoms with van der Waals surface area (Å²) in [4.78, 5) is 61.0. The Balaban J connectivity index is 1.33. The van der Waals surface area contributed by atoms with Crippen molar-refractivity contribution in [3.8, 4) is 11.6 Å². The normalized spacial score (nSPS) is 15.3. The van der Waals surface area contributed by atoms with E-state index in [1.54, 1.807) is 11.5 Å². The number of hydrogen-bond donors (Lipinski definition) is 2. The molecule has 2 aliphatic rings. The summed E-state index contributed by atoms with van der Waals surface area (Å²) >= 11 is 6.09. The zero-order valence-corrected chi connectivity index (χ0v) is 27.3. The lowest BCUT2D eigenvalue weighted by Crippen LogP contribution is -2.50. The van der Waals surface area contributed by atoms with E-state index in [4.69, 9.17) is 16.3 Å². The third-order valence-corrected chi connectivity index (χ3v) is 8.97. The summed E-state index contributed by atoms with van der Waals surface area (Å²) < 4.78 is 47.0. The first kappa shape index (κ1) is 33.9. The Morgan fingerprint density at radius 2 is 1.86 bits per heavy atom. The Bertz CT molecular complexity index is 1990. The van der Waals surface area contributed by atoms with Gasteiger partial charge in [-0.3, -0.25) is 14.4 Å². The van der Waals surface area contributed by atoms with Gasteiger partial charge in [-0.2, -0.15) is 13.2 Å². The molecule has 1 saturated heterocycles. The predicted octanol–water partition coefficient (Wildman–Crippen LogP) is 4.36. The number of piperazine rings is 1. The number of benzene rings is 1. The molecule has 6 rings (SSSR count). The average Bonchev–Trinajstić information content (AvgIpc) is 3.05. The van der Waals surface area contributed by atoms with Crippen molar-refractivity contribution in [1.29, 1.82) is 0 Å². The van der Waals surface area contributed by atoms with Gasteiger partial charge in [0.25, 0.3) is 5.91 Å². The highest BCUT2D eigenvalue weighted by molar-refractivity contribution is 6.33. The molecule has 0 unspecified atom stereocenters. The standard InChI is InChI=1S/C32H32ClF3N8O5/c1-3-22-27(42-9-11-43(12-10-42)31(48)26-28(46)17(2)38-16-39-26)29(47)25-30(37-14-24(41-25)49-19-5-4-6-19)44(22)15-23(45)40-21-8-7-18(13-20(21)33)32(34,35)36/h7-8,13-14,16,19,46H,3-6,9-12,15H2,1-2H3,(H,40,45). The molecule has 1 saturated carbocycles. The second-order valence-corrected chi connectivity index (χ2v) is 12.2. The number of anilines is 2. The second kappa shape index (κ2) is 13.5. The highest BCUT2D eigenvalue weighted by Gasteiger charge is 2.32. The molecule has 0 atom stereocenters. The number of pyridine rings is 1. The van der Waals surface area contributed by atoms with Gasteiger partial charge >= 0.3 is 6.18 Å². The van der Waals surface area contributed by atoms with Crippen LogP contribution < -0.4 is 20.4 Å². The van der Waals surface area contributed by atoms with E-state index in [0.717, 1.165) is 37.5 Å². The molecule has 1 aliphatic heterocycles. The van der Waals surface area contributed by atoms with Crippen LogP contribution in [0, 0.1) is 6.92 Å². The van der Waals surface area contributed by atoms with Gasteiger partial charge in [0.05, 0.1) is 28.2 Å². The lowest BCUT2D eigenvalue weighted by molar-refractivity contribution is -0.137. The first-order valence-electron chi connectivity index (χ1n) is 15.7. The fourth-order valence-electron chi connectivity index (χ4n) is 5.82. The van der Waals surface area contributed by atoms with Gasteiger partial charge in [0.2, 0.25) is 17.2 Å². The predicted molar refractivity (Wildman–Crippen MR) is 173 cm³/mol. The van der Waals surface area contributed by atoms with E-state index in [1.165, 1.54) is 17.4 Å². The molecule has 0 radical (unpaired) electrons. The molecule has 49 heavy (non-hydrogen) atoms. The van der Waals surface area contributed by atoms with E-state index in [-0.39, 0.29) is 89.4 Å².